The van der Waals surface area contributed by atoms with Gasteiger partial charge >= 0.3 is 12.3 Å². The highest BCUT2D eigenvalue weighted by Gasteiger charge is 2.34. The average Bonchev–Trinajstić information content (AvgIpc) is 2.77. The van der Waals surface area contributed by atoms with Gasteiger partial charge in [-0.1, -0.05) is 0 Å². The molecule has 2 rings (SSSR count). The fraction of sp³-hybridized carbons (Fsp3) is 0.588. The van der Waals surface area contributed by atoms with Crippen molar-refractivity contribution in [2.24, 2.45) is 0 Å². The third-order valence-corrected chi connectivity index (χ3v) is 3.99. The monoisotopic (exact) mass is 389 g/mol. The molecule has 10 heteroatoms. The molecular formula is C17H22F3N3O4. The quantitative estimate of drug-likeness (QED) is 0.563. The van der Waals surface area contributed by atoms with Gasteiger partial charge in [0.1, 0.15) is 11.3 Å². The number of nitrogens with zero attached hydrogens (tertiary/aromatic N) is 3. The summed E-state index contributed by atoms with van der Waals surface area (Å²) in [5, 5.41) is 11.3. The van der Waals surface area contributed by atoms with Gasteiger partial charge in [0, 0.05) is 32.2 Å². The first-order valence-corrected chi connectivity index (χ1v) is 8.47. The second-order valence-electron chi connectivity index (χ2n) is 7.27. The molecule has 1 aliphatic heterocycles. The van der Waals surface area contributed by atoms with Crippen molar-refractivity contribution in [2.75, 3.05) is 31.1 Å². The largest absolute Gasteiger partial charge is 0.444 e. The van der Waals surface area contributed by atoms with Crippen LogP contribution in [0.25, 0.3) is 0 Å². The lowest BCUT2D eigenvalue weighted by Crippen LogP contribution is -2.39. The summed E-state index contributed by atoms with van der Waals surface area (Å²) in [6, 6.07) is 2.49. The van der Waals surface area contributed by atoms with E-state index in [0.29, 0.717) is 25.6 Å². The van der Waals surface area contributed by atoms with Gasteiger partial charge in [-0.15, -0.1) is 0 Å². The van der Waals surface area contributed by atoms with Crippen LogP contribution in [0.1, 0.15) is 32.8 Å². The standard InChI is InChI=1S/C17H22F3N3O4/c1-16(2,3)27-15(24)22-8-4-7-21(9-10-22)13-6-5-12(17(18,19)20)11-14(13)23(25)26/h5-6,11H,4,7-10H2,1-3H3. The van der Waals surface area contributed by atoms with Gasteiger partial charge in [0.15, 0.2) is 0 Å². The number of amides is 1. The minimum atomic E-state index is -4.66. The summed E-state index contributed by atoms with van der Waals surface area (Å²) in [6.07, 6.45) is -4.63. The van der Waals surface area contributed by atoms with Crippen LogP contribution in [-0.4, -0.2) is 47.7 Å². The maximum atomic E-state index is 12.9. The summed E-state index contributed by atoms with van der Waals surface area (Å²) in [6.45, 7) is 6.55. The highest BCUT2D eigenvalue weighted by atomic mass is 19.4. The Balaban J connectivity index is 2.20. The van der Waals surface area contributed by atoms with Crippen molar-refractivity contribution in [3.05, 3.63) is 33.9 Å². The number of ether oxygens (including phenoxy) is 1. The molecule has 7 nitrogen and oxygen atoms in total. The Bertz CT molecular complexity index is 716. The Morgan fingerprint density at radius 2 is 1.81 bits per heavy atom. The van der Waals surface area contributed by atoms with E-state index in [4.69, 9.17) is 4.74 Å². The smallest absolute Gasteiger partial charge is 0.416 e. The number of rotatable bonds is 2. The third-order valence-electron chi connectivity index (χ3n) is 3.99. The molecule has 0 bridgehead atoms. The number of hydrogen-bond acceptors (Lipinski definition) is 5. The second kappa shape index (κ2) is 7.61. The zero-order valence-electron chi connectivity index (χ0n) is 15.4. The van der Waals surface area contributed by atoms with Gasteiger partial charge < -0.3 is 14.5 Å². The maximum absolute atomic E-state index is 12.9. The van der Waals surface area contributed by atoms with Gasteiger partial charge in [0.25, 0.3) is 5.69 Å². The number of hydrogen-bond donors (Lipinski definition) is 0. The number of alkyl halides is 3. The van der Waals surface area contributed by atoms with Crippen LogP contribution in [-0.2, 0) is 10.9 Å². The molecule has 0 N–H and O–H groups in total. The van der Waals surface area contributed by atoms with Crippen LogP contribution in [0.15, 0.2) is 18.2 Å². The number of carbonyl (C=O) groups is 1. The molecule has 1 saturated heterocycles. The van der Waals surface area contributed by atoms with Crippen molar-refractivity contribution >= 4 is 17.5 Å². The van der Waals surface area contributed by atoms with Crippen molar-refractivity contribution in [1.82, 2.24) is 4.90 Å². The third kappa shape index (κ3) is 5.48. The number of halogens is 3. The zero-order chi connectivity index (χ0) is 20.4. The maximum Gasteiger partial charge on any atom is 0.416 e. The van der Waals surface area contributed by atoms with E-state index in [1.54, 1.807) is 25.7 Å². The van der Waals surface area contributed by atoms with Gasteiger partial charge in [-0.05, 0) is 39.3 Å². The molecule has 1 fully saturated rings. The molecule has 0 aromatic heterocycles. The lowest BCUT2D eigenvalue weighted by Gasteiger charge is -2.27. The van der Waals surface area contributed by atoms with Gasteiger partial charge in [-0.3, -0.25) is 10.1 Å². The first-order chi connectivity index (χ1) is 12.4. The van der Waals surface area contributed by atoms with Crippen molar-refractivity contribution in [3.63, 3.8) is 0 Å². The van der Waals surface area contributed by atoms with Gasteiger partial charge in [-0.25, -0.2) is 4.79 Å². The fourth-order valence-electron chi connectivity index (χ4n) is 2.78. The minimum Gasteiger partial charge on any atom is -0.444 e. The molecule has 27 heavy (non-hydrogen) atoms. The molecule has 1 amide bonds. The SMILES string of the molecule is CC(C)(C)OC(=O)N1CCCN(c2ccc(C(F)(F)F)cc2[N+](=O)[O-])CC1. The number of carbonyl (C=O) groups excluding carboxylic acids is 1. The number of anilines is 1. The van der Waals surface area contributed by atoms with Crippen LogP contribution < -0.4 is 4.90 Å². The van der Waals surface area contributed by atoms with E-state index in [2.05, 4.69) is 0 Å². The molecule has 1 heterocycles. The summed E-state index contributed by atoms with van der Waals surface area (Å²) in [4.78, 5) is 25.8. The van der Waals surface area contributed by atoms with Gasteiger partial charge in [0.05, 0.1) is 10.5 Å². The highest BCUT2D eigenvalue weighted by molar-refractivity contribution is 5.69. The molecule has 1 aliphatic rings. The molecule has 0 atom stereocenters. The minimum absolute atomic E-state index is 0.110. The number of benzene rings is 1. The molecule has 0 spiro atoms. The molecule has 0 unspecified atom stereocenters. The van der Waals surface area contributed by atoms with Crippen LogP contribution in [0.2, 0.25) is 0 Å². The van der Waals surface area contributed by atoms with E-state index in [0.717, 1.165) is 12.1 Å². The van der Waals surface area contributed by atoms with Crippen molar-refractivity contribution in [3.8, 4) is 0 Å². The second-order valence-corrected chi connectivity index (χ2v) is 7.27. The van der Waals surface area contributed by atoms with Crippen molar-refractivity contribution in [1.29, 1.82) is 0 Å². The van der Waals surface area contributed by atoms with Crippen molar-refractivity contribution < 1.29 is 27.6 Å². The molecule has 0 aliphatic carbocycles. The van der Waals surface area contributed by atoms with Gasteiger partial charge in [0.2, 0.25) is 0 Å². The Morgan fingerprint density at radius 1 is 1.15 bits per heavy atom. The Hall–Kier alpha value is -2.52. The van der Waals surface area contributed by atoms with Gasteiger partial charge in [-0.2, -0.15) is 13.2 Å². The molecular weight excluding hydrogens is 367 g/mol. The fourth-order valence-corrected chi connectivity index (χ4v) is 2.78. The summed E-state index contributed by atoms with van der Waals surface area (Å²) in [7, 11) is 0. The first-order valence-electron chi connectivity index (χ1n) is 8.47. The topological polar surface area (TPSA) is 75.9 Å². The summed E-state index contributed by atoms with van der Waals surface area (Å²) in [5.74, 6) is 0. The predicted octanol–water partition coefficient (Wildman–Crippen LogP) is 4.06. The van der Waals surface area contributed by atoms with Crippen LogP contribution in [0.5, 0.6) is 0 Å². The Kier molecular flexibility index (Phi) is 5.86. The normalized spacial score (nSPS) is 16.1. The van der Waals surface area contributed by atoms with E-state index in [9.17, 15) is 28.1 Å². The molecule has 1 aromatic carbocycles. The van der Waals surface area contributed by atoms with Crippen molar-refractivity contribution in [2.45, 2.75) is 39.0 Å². The highest BCUT2D eigenvalue weighted by Crippen LogP contribution is 2.36. The van der Waals surface area contributed by atoms with Crippen LogP contribution in [0.3, 0.4) is 0 Å². The van der Waals surface area contributed by atoms with Crippen LogP contribution in [0, 0.1) is 10.1 Å². The molecule has 0 radical (unpaired) electrons. The zero-order valence-corrected chi connectivity index (χ0v) is 15.4. The summed E-state index contributed by atoms with van der Waals surface area (Å²) < 4.78 is 43.9. The van der Waals surface area contributed by atoms with Crippen LogP contribution in [0.4, 0.5) is 29.3 Å². The Morgan fingerprint density at radius 3 is 2.37 bits per heavy atom. The Labute approximate surface area is 154 Å². The lowest BCUT2D eigenvalue weighted by molar-refractivity contribution is -0.384. The lowest BCUT2D eigenvalue weighted by atomic mass is 10.1. The van der Waals surface area contributed by atoms with E-state index < -0.39 is 34.0 Å². The van der Waals surface area contributed by atoms with Crippen LogP contribution >= 0.6 is 0 Å². The van der Waals surface area contributed by atoms with E-state index in [-0.39, 0.29) is 18.8 Å². The van der Waals surface area contributed by atoms with E-state index in [1.807, 2.05) is 0 Å². The average molecular weight is 389 g/mol. The molecule has 150 valence electrons. The number of nitro groups is 1. The first kappa shape index (κ1) is 20.8. The molecule has 1 aromatic rings. The predicted molar refractivity (Wildman–Crippen MR) is 92.7 cm³/mol. The van der Waals surface area contributed by atoms with E-state index in [1.165, 1.54) is 4.90 Å². The summed E-state index contributed by atoms with van der Waals surface area (Å²) >= 11 is 0. The van der Waals surface area contributed by atoms with E-state index >= 15 is 0 Å². The molecule has 0 saturated carbocycles. The number of nitro benzene ring substituents is 1. The summed E-state index contributed by atoms with van der Waals surface area (Å²) in [5.41, 5.74) is -2.20.